The average Bonchev–Trinajstić information content (AvgIpc) is 2.93. The number of nitrogens with one attached hydrogen (secondary N) is 2. The lowest BCUT2D eigenvalue weighted by molar-refractivity contribution is -0.120. The van der Waals surface area contributed by atoms with Crippen LogP contribution in [0.3, 0.4) is 0 Å². The highest BCUT2D eigenvalue weighted by Gasteiger charge is 2.14. The first-order valence-corrected chi connectivity index (χ1v) is 8.18. The van der Waals surface area contributed by atoms with Crippen LogP contribution >= 0.6 is 0 Å². The molecule has 0 saturated carbocycles. The molecule has 1 aromatic rings. The van der Waals surface area contributed by atoms with E-state index in [2.05, 4.69) is 48.7 Å². The number of hydrogen-bond donors (Lipinski definition) is 2. The summed E-state index contributed by atoms with van der Waals surface area (Å²) in [5.41, 5.74) is 2.45. The second kappa shape index (κ2) is 8.18. The summed E-state index contributed by atoms with van der Waals surface area (Å²) in [5.74, 6) is 1.54. The molecular formula is C18H28N2O. The Morgan fingerprint density at radius 1 is 1.29 bits per heavy atom. The normalized spacial score (nSPS) is 18.1. The Morgan fingerprint density at radius 3 is 2.62 bits per heavy atom. The van der Waals surface area contributed by atoms with Gasteiger partial charge in [-0.15, -0.1) is 0 Å². The summed E-state index contributed by atoms with van der Waals surface area (Å²) >= 11 is 0. The summed E-state index contributed by atoms with van der Waals surface area (Å²) in [6.45, 7) is 7.48. The molecule has 1 amide bonds. The van der Waals surface area contributed by atoms with E-state index in [0.717, 1.165) is 44.0 Å². The Kier molecular flexibility index (Phi) is 6.24. The maximum Gasteiger partial charge on any atom is 0.224 e. The molecule has 1 aliphatic heterocycles. The van der Waals surface area contributed by atoms with Gasteiger partial charge >= 0.3 is 0 Å². The van der Waals surface area contributed by atoms with Crippen molar-refractivity contribution in [3.8, 4) is 0 Å². The highest BCUT2D eigenvalue weighted by atomic mass is 16.1. The molecule has 1 aliphatic rings. The van der Waals surface area contributed by atoms with Gasteiger partial charge in [0.25, 0.3) is 0 Å². The Balaban J connectivity index is 1.69. The SMILES string of the molecule is CC(C)Cc1ccc(CC(=O)NCCC2CCNC2)cc1. The van der Waals surface area contributed by atoms with Gasteiger partial charge in [-0.25, -0.2) is 0 Å². The van der Waals surface area contributed by atoms with Gasteiger partial charge in [0.15, 0.2) is 0 Å². The fourth-order valence-electron chi connectivity index (χ4n) is 2.89. The topological polar surface area (TPSA) is 41.1 Å². The zero-order valence-electron chi connectivity index (χ0n) is 13.3. The molecule has 1 saturated heterocycles. The van der Waals surface area contributed by atoms with Crippen LogP contribution in [-0.2, 0) is 17.6 Å². The molecule has 1 aromatic carbocycles. The standard InChI is InChI=1S/C18H28N2O/c1-14(2)11-15-3-5-16(6-4-15)12-18(21)20-10-8-17-7-9-19-13-17/h3-6,14,17,19H,7-13H2,1-2H3,(H,20,21). The largest absolute Gasteiger partial charge is 0.356 e. The Labute approximate surface area is 128 Å². The van der Waals surface area contributed by atoms with Crippen molar-refractivity contribution in [3.05, 3.63) is 35.4 Å². The highest BCUT2D eigenvalue weighted by molar-refractivity contribution is 5.78. The third-order valence-electron chi connectivity index (χ3n) is 4.07. The van der Waals surface area contributed by atoms with Gasteiger partial charge in [-0.1, -0.05) is 38.1 Å². The van der Waals surface area contributed by atoms with Gasteiger partial charge in [0.2, 0.25) is 5.91 Å². The van der Waals surface area contributed by atoms with E-state index < -0.39 is 0 Å². The predicted octanol–water partition coefficient (Wildman–Crippen LogP) is 2.54. The fourth-order valence-corrected chi connectivity index (χ4v) is 2.89. The first-order valence-electron chi connectivity index (χ1n) is 8.18. The van der Waals surface area contributed by atoms with Crippen LogP contribution in [0.4, 0.5) is 0 Å². The molecule has 2 rings (SSSR count). The lowest BCUT2D eigenvalue weighted by Gasteiger charge is -2.10. The van der Waals surface area contributed by atoms with Gasteiger partial charge in [0.05, 0.1) is 6.42 Å². The lowest BCUT2D eigenvalue weighted by atomic mass is 10.0. The molecule has 3 nitrogen and oxygen atoms in total. The van der Waals surface area contributed by atoms with E-state index in [9.17, 15) is 4.79 Å². The number of benzene rings is 1. The second-order valence-electron chi connectivity index (χ2n) is 6.59. The van der Waals surface area contributed by atoms with Crippen LogP contribution in [0.2, 0.25) is 0 Å². The van der Waals surface area contributed by atoms with Crippen LogP contribution in [0, 0.1) is 11.8 Å². The summed E-state index contributed by atoms with van der Waals surface area (Å²) in [6, 6.07) is 8.45. The van der Waals surface area contributed by atoms with Crippen LogP contribution in [-0.4, -0.2) is 25.5 Å². The molecule has 0 spiro atoms. The van der Waals surface area contributed by atoms with E-state index in [1.54, 1.807) is 0 Å². The number of hydrogen-bond acceptors (Lipinski definition) is 2. The van der Waals surface area contributed by atoms with Crippen LogP contribution in [0.5, 0.6) is 0 Å². The number of carbonyl (C=O) groups is 1. The van der Waals surface area contributed by atoms with Crippen molar-refractivity contribution >= 4 is 5.91 Å². The van der Waals surface area contributed by atoms with Gasteiger partial charge < -0.3 is 10.6 Å². The summed E-state index contributed by atoms with van der Waals surface area (Å²) in [6.07, 6.45) is 3.92. The van der Waals surface area contributed by atoms with Crippen LogP contribution in [0.15, 0.2) is 24.3 Å². The molecule has 2 N–H and O–H groups in total. The minimum absolute atomic E-state index is 0.137. The predicted molar refractivity (Wildman–Crippen MR) is 87.3 cm³/mol. The Hall–Kier alpha value is -1.35. The third kappa shape index (κ3) is 5.88. The molecule has 0 bridgehead atoms. The molecule has 1 atom stereocenters. The van der Waals surface area contributed by atoms with Gasteiger partial charge in [0, 0.05) is 6.54 Å². The zero-order chi connectivity index (χ0) is 15.1. The first kappa shape index (κ1) is 16.0. The van der Waals surface area contributed by atoms with E-state index in [0.29, 0.717) is 12.3 Å². The fraction of sp³-hybridized carbons (Fsp3) is 0.611. The zero-order valence-corrected chi connectivity index (χ0v) is 13.3. The van der Waals surface area contributed by atoms with E-state index in [1.807, 2.05) is 0 Å². The summed E-state index contributed by atoms with van der Waals surface area (Å²) in [5, 5.41) is 6.39. The lowest BCUT2D eigenvalue weighted by Crippen LogP contribution is -2.27. The molecule has 0 aromatic heterocycles. The number of amides is 1. The third-order valence-corrected chi connectivity index (χ3v) is 4.07. The molecule has 0 aliphatic carbocycles. The molecule has 1 heterocycles. The number of carbonyl (C=O) groups excluding carboxylic acids is 1. The van der Waals surface area contributed by atoms with Crippen molar-refractivity contribution < 1.29 is 4.79 Å². The van der Waals surface area contributed by atoms with Crippen molar-refractivity contribution in [3.63, 3.8) is 0 Å². The minimum atomic E-state index is 0.137. The van der Waals surface area contributed by atoms with Gasteiger partial charge in [-0.2, -0.15) is 0 Å². The Morgan fingerprint density at radius 2 is 2.00 bits per heavy atom. The maximum absolute atomic E-state index is 11.9. The molecule has 21 heavy (non-hydrogen) atoms. The first-order chi connectivity index (χ1) is 10.1. The van der Waals surface area contributed by atoms with E-state index in [4.69, 9.17) is 0 Å². The summed E-state index contributed by atoms with van der Waals surface area (Å²) in [7, 11) is 0. The maximum atomic E-state index is 11.9. The van der Waals surface area contributed by atoms with E-state index in [1.165, 1.54) is 12.0 Å². The summed E-state index contributed by atoms with van der Waals surface area (Å²) in [4.78, 5) is 11.9. The average molecular weight is 288 g/mol. The van der Waals surface area contributed by atoms with Crippen molar-refractivity contribution in [1.29, 1.82) is 0 Å². The molecule has 3 heteroatoms. The van der Waals surface area contributed by atoms with Gasteiger partial charge in [-0.3, -0.25) is 4.79 Å². The van der Waals surface area contributed by atoms with Gasteiger partial charge in [-0.05, 0) is 55.3 Å². The second-order valence-corrected chi connectivity index (χ2v) is 6.59. The monoisotopic (exact) mass is 288 g/mol. The number of rotatable bonds is 7. The smallest absolute Gasteiger partial charge is 0.224 e. The molecule has 116 valence electrons. The highest BCUT2D eigenvalue weighted by Crippen LogP contribution is 2.12. The quantitative estimate of drug-likeness (QED) is 0.809. The molecule has 1 unspecified atom stereocenters. The van der Waals surface area contributed by atoms with Gasteiger partial charge in [0.1, 0.15) is 0 Å². The van der Waals surface area contributed by atoms with Crippen molar-refractivity contribution in [2.45, 2.75) is 39.5 Å². The minimum Gasteiger partial charge on any atom is -0.356 e. The van der Waals surface area contributed by atoms with Crippen molar-refractivity contribution in [2.75, 3.05) is 19.6 Å². The molecular weight excluding hydrogens is 260 g/mol. The van der Waals surface area contributed by atoms with Crippen molar-refractivity contribution in [2.24, 2.45) is 11.8 Å². The molecule has 0 radical (unpaired) electrons. The van der Waals surface area contributed by atoms with Crippen LogP contribution < -0.4 is 10.6 Å². The van der Waals surface area contributed by atoms with Crippen LogP contribution in [0.25, 0.3) is 0 Å². The van der Waals surface area contributed by atoms with Crippen LogP contribution in [0.1, 0.15) is 37.8 Å². The van der Waals surface area contributed by atoms with E-state index in [-0.39, 0.29) is 5.91 Å². The van der Waals surface area contributed by atoms with E-state index >= 15 is 0 Å². The van der Waals surface area contributed by atoms with Crippen molar-refractivity contribution in [1.82, 2.24) is 10.6 Å². The Bertz CT molecular complexity index is 433. The molecule has 1 fully saturated rings. The summed E-state index contributed by atoms with van der Waals surface area (Å²) < 4.78 is 0.